The van der Waals surface area contributed by atoms with Crippen LogP contribution < -0.4 is 10.6 Å². The number of carbonyl (C=O) groups excluding carboxylic acids is 1. The molecule has 0 aromatic heterocycles. The predicted molar refractivity (Wildman–Crippen MR) is 139 cm³/mol. The van der Waals surface area contributed by atoms with E-state index in [1.165, 1.54) is 0 Å². The van der Waals surface area contributed by atoms with Crippen molar-refractivity contribution in [3.8, 4) is 0 Å². The monoisotopic (exact) mass is 474 g/mol. The molecule has 0 aliphatic heterocycles. The van der Waals surface area contributed by atoms with Crippen molar-refractivity contribution in [2.75, 3.05) is 11.9 Å². The molecule has 6 heteroatoms. The maximum Gasteiger partial charge on any atom is 0.411 e. The maximum absolute atomic E-state index is 12.9. The van der Waals surface area contributed by atoms with E-state index < -0.39 is 12.1 Å². The number of carboxylic acid groups (broad SMARTS) is 1. The fourth-order valence-corrected chi connectivity index (χ4v) is 3.96. The van der Waals surface area contributed by atoms with Crippen molar-refractivity contribution in [1.82, 2.24) is 5.32 Å². The van der Waals surface area contributed by atoms with Gasteiger partial charge in [0.15, 0.2) is 0 Å². The Bertz CT molecular complexity index is 1100. The lowest BCUT2D eigenvalue weighted by molar-refractivity contribution is 0.0697. The Morgan fingerprint density at radius 3 is 1.97 bits per heavy atom. The summed E-state index contributed by atoms with van der Waals surface area (Å²) in [7, 11) is 0. The van der Waals surface area contributed by atoms with Crippen molar-refractivity contribution < 1.29 is 19.4 Å². The first kappa shape index (κ1) is 26.0. The first-order valence-corrected chi connectivity index (χ1v) is 11.9. The zero-order chi connectivity index (χ0) is 25.4. The topological polar surface area (TPSA) is 87.7 Å². The average Bonchev–Trinajstić information content (AvgIpc) is 2.84. The first-order chi connectivity index (χ1) is 16.8. The normalized spacial score (nSPS) is 11.9. The van der Waals surface area contributed by atoms with Crippen LogP contribution in [0, 0.1) is 0 Å². The van der Waals surface area contributed by atoms with Crippen LogP contribution in [-0.4, -0.2) is 23.8 Å². The van der Waals surface area contributed by atoms with E-state index in [0.29, 0.717) is 6.54 Å². The second-order valence-electron chi connectivity index (χ2n) is 9.19. The van der Waals surface area contributed by atoms with Crippen molar-refractivity contribution in [3.05, 3.63) is 101 Å². The quantitative estimate of drug-likeness (QED) is 0.304. The summed E-state index contributed by atoms with van der Waals surface area (Å²) in [6.45, 7) is 9.06. The van der Waals surface area contributed by atoms with Gasteiger partial charge in [0.05, 0.1) is 17.3 Å². The zero-order valence-corrected chi connectivity index (χ0v) is 20.7. The van der Waals surface area contributed by atoms with E-state index in [9.17, 15) is 9.59 Å². The van der Waals surface area contributed by atoms with Crippen molar-refractivity contribution in [1.29, 1.82) is 0 Å². The third-order valence-corrected chi connectivity index (χ3v) is 5.94. The molecule has 1 amide bonds. The molecule has 0 spiro atoms. The van der Waals surface area contributed by atoms with Crippen LogP contribution in [0.4, 0.5) is 10.5 Å². The van der Waals surface area contributed by atoms with Gasteiger partial charge in [-0.15, -0.1) is 0 Å². The van der Waals surface area contributed by atoms with Crippen LogP contribution in [0.25, 0.3) is 0 Å². The molecule has 3 aromatic rings. The molecular weight excluding hydrogens is 440 g/mol. The molecule has 1 unspecified atom stereocenters. The molecule has 6 nitrogen and oxygen atoms in total. The lowest BCUT2D eigenvalue weighted by atomic mass is 9.93. The second kappa shape index (κ2) is 12.2. The average molecular weight is 475 g/mol. The van der Waals surface area contributed by atoms with Gasteiger partial charge in [0, 0.05) is 6.54 Å². The number of carbonyl (C=O) groups is 2. The molecule has 0 saturated heterocycles. The highest BCUT2D eigenvalue weighted by Gasteiger charge is 2.18. The number of para-hydroxylation sites is 1. The van der Waals surface area contributed by atoms with Crippen LogP contribution in [0.5, 0.6) is 0 Å². The first-order valence-electron chi connectivity index (χ1n) is 11.9. The number of anilines is 1. The van der Waals surface area contributed by atoms with E-state index in [4.69, 9.17) is 9.84 Å². The van der Waals surface area contributed by atoms with Crippen molar-refractivity contribution in [2.45, 2.75) is 52.1 Å². The van der Waals surface area contributed by atoms with Gasteiger partial charge in [-0.1, -0.05) is 88.4 Å². The van der Waals surface area contributed by atoms with Gasteiger partial charge in [-0.3, -0.25) is 5.32 Å². The smallest absolute Gasteiger partial charge is 0.411 e. The number of carboxylic acids is 1. The van der Waals surface area contributed by atoms with E-state index in [2.05, 4.69) is 38.3 Å². The van der Waals surface area contributed by atoms with Crippen LogP contribution >= 0.6 is 0 Å². The number of hydrogen-bond donors (Lipinski definition) is 3. The van der Waals surface area contributed by atoms with E-state index >= 15 is 0 Å². The number of nitrogens with one attached hydrogen (secondary N) is 2. The summed E-state index contributed by atoms with van der Waals surface area (Å²) >= 11 is 0. The highest BCUT2D eigenvalue weighted by Crippen LogP contribution is 2.32. The molecule has 3 rings (SSSR count). The van der Waals surface area contributed by atoms with Crippen LogP contribution in [0.2, 0.25) is 0 Å². The number of aromatic carboxylic acids is 1. The number of benzene rings is 3. The number of amides is 1. The van der Waals surface area contributed by atoms with Crippen LogP contribution in [-0.2, 0) is 11.3 Å². The molecular formula is C29H34N2O4. The van der Waals surface area contributed by atoms with Crippen LogP contribution in [0.15, 0.2) is 72.8 Å². The third-order valence-electron chi connectivity index (χ3n) is 5.94. The molecule has 0 heterocycles. The Balaban J connectivity index is 1.70. The summed E-state index contributed by atoms with van der Waals surface area (Å²) in [5, 5.41) is 15.5. The fraction of sp³-hybridized carbons (Fsp3) is 0.310. The van der Waals surface area contributed by atoms with Crippen LogP contribution in [0.1, 0.15) is 78.2 Å². The highest BCUT2D eigenvalue weighted by molar-refractivity contribution is 5.88. The predicted octanol–water partition coefficient (Wildman–Crippen LogP) is 6.71. The van der Waals surface area contributed by atoms with Gasteiger partial charge in [0.2, 0.25) is 0 Å². The molecule has 0 bridgehead atoms. The minimum absolute atomic E-state index is 0.143. The molecule has 0 aliphatic carbocycles. The number of ether oxygens (including phenoxy) is 1. The molecule has 35 heavy (non-hydrogen) atoms. The third kappa shape index (κ3) is 7.17. The lowest BCUT2D eigenvalue weighted by Crippen LogP contribution is -2.28. The van der Waals surface area contributed by atoms with Crippen molar-refractivity contribution >= 4 is 17.7 Å². The Kier molecular flexibility index (Phi) is 9.04. The fourth-order valence-electron chi connectivity index (χ4n) is 3.96. The van der Waals surface area contributed by atoms with Crippen molar-refractivity contribution in [3.63, 3.8) is 0 Å². The van der Waals surface area contributed by atoms with Gasteiger partial charge in [0.1, 0.15) is 6.61 Å². The second-order valence-corrected chi connectivity index (χ2v) is 9.19. The van der Waals surface area contributed by atoms with E-state index in [1.807, 2.05) is 48.5 Å². The van der Waals surface area contributed by atoms with Crippen LogP contribution in [0.3, 0.4) is 0 Å². The van der Waals surface area contributed by atoms with Gasteiger partial charge in [-0.2, -0.15) is 0 Å². The Morgan fingerprint density at radius 2 is 1.43 bits per heavy atom. The molecule has 184 valence electrons. The Hall–Kier alpha value is -3.64. The summed E-state index contributed by atoms with van der Waals surface area (Å²) in [6.07, 6.45) is -0.492. The summed E-state index contributed by atoms with van der Waals surface area (Å²) < 4.78 is 5.68. The largest absolute Gasteiger partial charge is 0.478 e. The summed E-state index contributed by atoms with van der Waals surface area (Å²) in [5.74, 6) is -0.434. The minimum atomic E-state index is -0.953. The van der Waals surface area contributed by atoms with Gasteiger partial charge in [-0.25, -0.2) is 9.59 Å². The number of rotatable bonds is 10. The van der Waals surface area contributed by atoms with E-state index in [1.54, 1.807) is 24.3 Å². The van der Waals surface area contributed by atoms with Gasteiger partial charge in [0.25, 0.3) is 0 Å². The highest BCUT2D eigenvalue weighted by atomic mass is 16.5. The summed E-state index contributed by atoms with van der Waals surface area (Å²) in [4.78, 5) is 23.9. The molecule has 0 fully saturated rings. The maximum atomic E-state index is 12.9. The summed E-state index contributed by atoms with van der Waals surface area (Å²) in [6, 6.07) is 22.4. The standard InChI is InChI=1S/C29H34N2O4/c1-19(2)24-11-8-12-25(20(3)4)27(24)31-29(34)35-18-26(22-9-6-5-7-10-22)30-17-21-13-15-23(16-14-21)28(32)33/h5-16,19-20,26,30H,17-18H2,1-4H3,(H,31,34)(H,32,33). The lowest BCUT2D eigenvalue weighted by Gasteiger charge is -2.22. The Morgan fingerprint density at radius 1 is 0.829 bits per heavy atom. The molecule has 0 aliphatic rings. The van der Waals surface area contributed by atoms with E-state index in [-0.39, 0.29) is 30.0 Å². The SMILES string of the molecule is CC(C)c1cccc(C(C)C)c1NC(=O)OCC(NCc1ccc(C(=O)O)cc1)c1ccccc1. The Labute approximate surface area is 207 Å². The van der Waals surface area contributed by atoms with Gasteiger partial charge >= 0.3 is 12.1 Å². The molecule has 0 saturated carbocycles. The van der Waals surface area contributed by atoms with Gasteiger partial charge in [-0.05, 0) is 46.2 Å². The molecule has 1 atom stereocenters. The van der Waals surface area contributed by atoms with Crippen molar-refractivity contribution in [2.24, 2.45) is 0 Å². The minimum Gasteiger partial charge on any atom is -0.478 e. The molecule has 3 aromatic carbocycles. The molecule has 3 N–H and O–H groups in total. The zero-order valence-electron chi connectivity index (χ0n) is 20.7. The van der Waals surface area contributed by atoms with Gasteiger partial charge < -0.3 is 15.2 Å². The molecule has 0 radical (unpaired) electrons. The van der Waals surface area contributed by atoms with E-state index in [0.717, 1.165) is 27.9 Å². The number of hydrogen-bond acceptors (Lipinski definition) is 4. The summed E-state index contributed by atoms with van der Waals surface area (Å²) in [5.41, 5.74) is 5.16.